The topological polar surface area (TPSA) is 96.5 Å². The third-order valence-corrected chi connectivity index (χ3v) is 4.25. The Labute approximate surface area is 159 Å². The average Bonchev–Trinajstić information content (AvgIpc) is 2.96. The van der Waals surface area contributed by atoms with Gasteiger partial charge in [0.25, 0.3) is 0 Å². The molecule has 2 atom stereocenters. The smallest absolute Gasteiger partial charge is 0.330 e. The van der Waals surface area contributed by atoms with Crippen molar-refractivity contribution in [3.63, 3.8) is 0 Å². The molecule has 1 aliphatic heterocycles. The molecule has 0 bridgehead atoms. The van der Waals surface area contributed by atoms with Gasteiger partial charge in [-0.25, -0.2) is 9.59 Å². The van der Waals surface area contributed by atoms with Crippen molar-refractivity contribution in [3.8, 4) is 0 Å². The SMILES string of the molecule is CCOC(=O)/C=C/[C@H](C[C@@H]1CCNC1=O)NC(=O)Nc1cc(C)cc(C)c1. The molecule has 1 fully saturated rings. The minimum Gasteiger partial charge on any atom is -0.463 e. The monoisotopic (exact) mass is 373 g/mol. The van der Waals surface area contributed by atoms with Crippen LogP contribution < -0.4 is 16.0 Å². The lowest BCUT2D eigenvalue weighted by Crippen LogP contribution is -2.39. The predicted molar refractivity (Wildman–Crippen MR) is 103 cm³/mol. The Morgan fingerprint density at radius 3 is 2.59 bits per heavy atom. The maximum absolute atomic E-state index is 12.4. The van der Waals surface area contributed by atoms with E-state index in [0.29, 0.717) is 25.1 Å². The summed E-state index contributed by atoms with van der Waals surface area (Å²) in [5.74, 6) is -0.695. The van der Waals surface area contributed by atoms with Crippen molar-refractivity contribution in [1.29, 1.82) is 0 Å². The molecule has 3 amide bonds. The van der Waals surface area contributed by atoms with Crippen molar-refractivity contribution >= 4 is 23.6 Å². The second-order valence-electron chi connectivity index (χ2n) is 6.70. The summed E-state index contributed by atoms with van der Waals surface area (Å²) in [5.41, 5.74) is 2.79. The zero-order valence-corrected chi connectivity index (χ0v) is 16.0. The van der Waals surface area contributed by atoms with E-state index < -0.39 is 18.0 Å². The van der Waals surface area contributed by atoms with Gasteiger partial charge in [0.1, 0.15) is 0 Å². The van der Waals surface area contributed by atoms with Crippen LogP contribution in [0.5, 0.6) is 0 Å². The minimum atomic E-state index is -0.477. The molecular formula is C20H27N3O4. The molecule has 1 aromatic rings. The fourth-order valence-electron chi connectivity index (χ4n) is 3.13. The first kappa shape index (κ1) is 20.5. The molecule has 146 valence electrons. The number of hydrogen-bond donors (Lipinski definition) is 3. The molecule has 2 rings (SSSR count). The normalized spacial score (nSPS) is 17.4. The van der Waals surface area contributed by atoms with Crippen molar-refractivity contribution in [2.24, 2.45) is 5.92 Å². The Kier molecular flexibility index (Phi) is 7.40. The van der Waals surface area contributed by atoms with E-state index in [1.165, 1.54) is 6.08 Å². The Balaban J connectivity index is 2.03. The number of rotatable bonds is 7. The maximum atomic E-state index is 12.4. The maximum Gasteiger partial charge on any atom is 0.330 e. The summed E-state index contributed by atoms with van der Waals surface area (Å²) in [6.07, 6.45) is 3.99. The summed E-state index contributed by atoms with van der Waals surface area (Å²) in [4.78, 5) is 35.8. The number of anilines is 1. The highest BCUT2D eigenvalue weighted by molar-refractivity contribution is 5.90. The van der Waals surface area contributed by atoms with E-state index in [-0.39, 0.29) is 18.4 Å². The van der Waals surface area contributed by atoms with Crippen LogP contribution in [0.4, 0.5) is 10.5 Å². The summed E-state index contributed by atoms with van der Waals surface area (Å²) in [7, 11) is 0. The molecule has 1 aliphatic rings. The van der Waals surface area contributed by atoms with E-state index in [0.717, 1.165) is 11.1 Å². The van der Waals surface area contributed by atoms with Gasteiger partial charge >= 0.3 is 12.0 Å². The molecule has 7 nitrogen and oxygen atoms in total. The standard InChI is InChI=1S/C20H27N3O4/c1-4-27-18(24)6-5-16(12-15-7-8-21-19(15)25)22-20(26)23-17-10-13(2)9-14(3)11-17/h5-6,9-11,15-16H,4,7-8,12H2,1-3H3,(H,21,25)(H2,22,23,26)/b6-5+/t15-,16+/m0/s1. The Hall–Kier alpha value is -2.83. The van der Waals surface area contributed by atoms with E-state index >= 15 is 0 Å². The number of carbonyl (C=O) groups is 3. The first-order valence-electron chi connectivity index (χ1n) is 9.16. The van der Waals surface area contributed by atoms with Crippen LogP contribution in [0.15, 0.2) is 30.4 Å². The second-order valence-corrected chi connectivity index (χ2v) is 6.70. The van der Waals surface area contributed by atoms with E-state index in [4.69, 9.17) is 4.74 Å². The summed E-state index contributed by atoms with van der Waals surface area (Å²) in [5, 5.41) is 8.41. The average molecular weight is 373 g/mol. The number of hydrogen-bond acceptors (Lipinski definition) is 4. The molecule has 0 aliphatic carbocycles. The van der Waals surface area contributed by atoms with E-state index in [1.54, 1.807) is 13.0 Å². The predicted octanol–water partition coefficient (Wildman–Crippen LogP) is 2.44. The van der Waals surface area contributed by atoms with Crippen molar-refractivity contribution in [3.05, 3.63) is 41.5 Å². The van der Waals surface area contributed by atoms with Gasteiger partial charge in [-0.15, -0.1) is 0 Å². The van der Waals surface area contributed by atoms with E-state index in [1.807, 2.05) is 32.0 Å². The van der Waals surface area contributed by atoms with Crippen LogP contribution >= 0.6 is 0 Å². The van der Waals surface area contributed by atoms with Gasteiger partial charge < -0.3 is 20.7 Å². The van der Waals surface area contributed by atoms with Gasteiger partial charge in [0.15, 0.2) is 0 Å². The molecule has 1 aromatic carbocycles. The highest BCUT2D eigenvalue weighted by Gasteiger charge is 2.27. The first-order chi connectivity index (χ1) is 12.9. The highest BCUT2D eigenvalue weighted by atomic mass is 16.5. The Bertz CT molecular complexity index is 710. The van der Waals surface area contributed by atoms with Crippen LogP contribution in [0.1, 0.15) is 30.9 Å². The molecule has 3 N–H and O–H groups in total. The van der Waals surface area contributed by atoms with Crippen LogP contribution in [0.3, 0.4) is 0 Å². The summed E-state index contributed by atoms with van der Waals surface area (Å²) < 4.78 is 4.88. The first-order valence-corrected chi connectivity index (χ1v) is 9.16. The second kappa shape index (κ2) is 9.75. The number of esters is 1. The molecule has 7 heteroatoms. The van der Waals surface area contributed by atoms with Gasteiger partial charge in [0.05, 0.1) is 12.6 Å². The zero-order valence-electron chi connectivity index (χ0n) is 16.0. The number of amides is 3. The van der Waals surface area contributed by atoms with Gasteiger partial charge in [-0.2, -0.15) is 0 Å². The number of carbonyl (C=O) groups excluding carboxylic acids is 3. The Morgan fingerprint density at radius 1 is 1.30 bits per heavy atom. The summed E-state index contributed by atoms with van der Waals surface area (Å²) in [6, 6.07) is 4.92. The molecule has 0 saturated carbocycles. The summed E-state index contributed by atoms with van der Waals surface area (Å²) in [6.45, 7) is 6.55. The molecule has 27 heavy (non-hydrogen) atoms. The minimum absolute atomic E-state index is 0.0268. The van der Waals surface area contributed by atoms with Crippen molar-refractivity contribution in [2.45, 2.75) is 39.7 Å². The summed E-state index contributed by atoms with van der Waals surface area (Å²) >= 11 is 0. The molecule has 0 aromatic heterocycles. The molecule has 0 radical (unpaired) electrons. The lowest BCUT2D eigenvalue weighted by atomic mass is 9.98. The lowest BCUT2D eigenvalue weighted by Gasteiger charge is -2.18. The molecule has 1 heterocycles. The Morgan fingerprint density at radius 2 is 2.00 bits per heavy atom. The largest absolute Gasteiger partial charge is 0.463 e. The molecular weight excluding hydrogens is 346 g/mol. The molecule has 1 saturated heterocycles. The quantitative estimate of drug-likeness (QED) is 0.505. The van der Waals surface area contributed by atoms with E-state index in [2.05, 4.69) is 16.0 Å². The van der Waals surface area contributed by atoms with Crippen LogP contribution in [-0.2, 0) is 14.3 Å². The molecule has 0 unspecified atom stereocenters. The van der Waals surface area contributed by atoms with Crippen molar-refractivity contribution in [2.75, 3.05) is 18.5 Å². The van der Waals surface area contributed by atoms with Crippen LogP contribution in [-0.4, -0.2) is 37.1 Å². The zero-order chi connectivity index (χ0) is 19.8. The van der Waals surface area contributed by atoms with Crippen LogP contribution in [0.2, 0.25) is 0 Å². The fourth-order valence-corrected chi connectivity index (χ4v) is 3.13. The number of benzene rings is 1. The van der Waals surface area contributed by atoms with Crippen molar-refractivity contribution in [1.82, 2.24) is 10.6 Å². The number of urea groups is 1. The van der Waals surface area contributed by atoms with E-state index in [9.17, 15) is 14.4 Å². The number of aryl methyl sites for hydroxylation is 2. The van der Waals surface area contributed by atoms with Crippen molar-refractivity contribution < 1.29 is 19.1 Å². The van der Waals surface area contributed by atoms with Crippen LogP contribution in [0, 0.1) is 19.8 Å². The van der Waals surface area contributed by atoms with Crippen LogP contribution in [0.25, 0.3) is 0 Å². The van der Waals surface area contributed by atoms with Gasteiger partial charge in [-0.3, -0.25) is 4.79 Å². The van der Waals surface area contributed by atoms with Gasteiger partial charge in [0.2, 0.25) is 5.91 Å². The lowest BCUT2D eigenvalue weighted by molar-refractivity contribution is -0.137. The third-order valence-electron chi connectivity index (χ3n) is 4.25. The molecule has 0 spiro atoms. The van der Waals surface area contributed by atoms with Gasteiger partial charge in [0, 0.05) is 24.2 Å². The van der Waals surface area contributed by atoms with Gasteiger partial charge in [-0.1, -0.05) is 12.1 Å². The number of ether oxygens (including phenoxy) is 1. The highest BCUT2D eigenvalue weighted by Crippen LogP contribution is 2.18. The fraction of sp³-hybridized carbons (Fsp3) is 0.450. The third kappa shape index (κ3) is 6.77. The van der Waals surface area contributed by atoms with Gasteiger partial charge in [-0.05, 0) is 56.9 Å². The number of nitrogens with one attached hydrogen (secondary N) is 3.